The van der Waals surface area contributed by atoms with Crippen molar-refractivity contribution in [3.8, 4) is 0 Å². The summed E-state index contributed by atoms with van der Waals surface area (Å²) in [5, 5.41) is 3.12. The normalized spacial score (nSPS) is 12.1. The van der Waals surface area contributed by atoms with Crippen molar-refractivity contribution in [2.45, 2.75) is 32.9 Å². The Morgan fingerprint density at radius 3 is 2.84 bits per heavy atom. The number of nitrogens with one attached hydrogen (secondary N) is 1. The van der Waals surface area contributed by atoms with Crippen LogP contribution in [-0.4, -0.2) is 14.5 Å². The standard InChI is InChI=1S/C14H18N4O/c1-3-9-18-10-8-16-13(14(18)19)17-11(2)12-6-4-5-7-15-12/h4-8,10-11H,3,9H2,1-2H3,(H,16,17). The average Bonchev–Trinajstić information content (AvgIpc) is 2.44. The Morgan fingerprint density at radius 1 is 1.32 bits per heavy atom. The third-order valence-electron chi connectivity index (χ3n) is 2.86. The first-order chi connectivity index (χ1) is 9.22. The van der Waals surface area contributed by atoms with Crippen LogP contribution in [0.4, 0.5) is 5.82 Å². The van der Waals surface area contributed by atoms with E-state index in [4.69, 9.17) is 0 Å². The molecule has 5 heteroatoms. The Labute approximate surface area is 112 Å². The quantitative estimate of drug-likeness (QED) is 0.893. The van der Waals surface area contributed by atoms with E-state index in [0.29, 0.717) is 12.4 Å². The Balaban J connectivity index is 2.20. The van der Waals surface area contributed by atoms with Gasteiger partial charge in [0, 0.05) is 25.1 Å². The lowest BCUT2D eigenvalue weighted by Gasteiger charge is -2.14. The molecule has 100 valence electrons. The molecule has 1 N–H and O–H groups in total. The number of pyridine rings is 1. The second kappa shape index (κ2) is 6.13. The molecule has 2 aromatic rings. The van der Waals surface area contributed by atoms with Gasteiger partial charge in [-0.3, -0.25) is 9.78 Å². The summed E-state index contributed by atoms with van der Waals surface area (Å²) in [4.78, 5) is 20.5. The number of rotatable bonds is 5. The highest BCUT2D eigenvalue weighted by Gasteiger charge is 2.10. The lowest BCUT2D eigenvalue weighted by atomic mass is 10.2. The third kappa shape index (κ3) is 3.19. The summed E-state index contributed by atoms with van der Waals surface area (Å²) in [5.74, 6) is 0.370. The van der Waals surface area contributed by atoms with Gasteiger partial charge >= 0.3 is 0 Å². The molecule has 1 unspecified atom stereocenters. The molecule has 0 aromatic carbocycles. The van der Waals surface area contributed by atoms with Crippen molar-refractivity contribution >= 4 is 5.82 Å². The summed E-state index contributed by atoms with van der Waals surface area (Å²) >= 11 is 0. The summed E-state index contributed by atoms with van der Waals surface area (Å²) < 4.78 is 1.67. The molecule has 0 aliphatic carbocycles. The molecule has 0 fully saturated rings. The molecule has 2 heterocycles. The van der Waals surface area contributed by atoms with Crippen LogP contribution in [0.25, 0.3) is 0 Å². The lowest BCUT2D eigenvalue weighted by molar-refractivity contribution is 0.647. The Hall–Kier alpha value is -2.17. The molecule has 2 aromatic heterocycles. The van der Waals surface area contributed by atoms with Crippen LogP contribution >= 0.6 is 0 Å². The van der Waals surface area contributed by atoms with Gasteiger partial charge in [-0.25, -0.2) is 4.98 Å². The van der Waals surface area contributed by atoms with Crippen LogP contribution in [0.5, 0.6) is 0 Å². The van der Waals surface area contributed by atoms with Crippen LogP contribution in [-0.2, 0) is 6.54 Å². The van der Waals surface area contributed by atoms with Crippen molar-refractivity contribution in [3.63, 3.8) is 0 Å². The molecule has 5 nitrogen and oxygen atoms in total. The lowest BCUT2D eigenvalue weighted by Crippen LogP contribution is -2.25. The van der Waals surface area contributed by atoms with E-state index in [9.17, 15) is 4.79 Å². The molecule has 0 amide bonds. The summed E-state index contributed by atoms with van der Waals surface area (Å²) in [7, 11) is 0. The number of hydrogen-bond donors (Lipinski definition) is 1. The van der Waals surface area contributed by atoms with E-state index in [0.717, 1.165) is 12.1 Å². The van der Waals surface area contributed by atoms with Gasteiger partial charge in [-0.2, -0.15) is 0 Å². The zero-order valence-electron chi connectivity index (χ0n) is 11.2. The molecule has 0 aliphatic heterocycles. The first-order valence-electron chi connectivity index (χ1n) is 6.45. The van der Waals surface area contributed by atoms with Gasteiger partial charge in [0.2, 0.25) is 0 Å². The van der Waals surface area contributed by atoms with Gasteiger partial charge in [-0.15, -0.1) is 0 Å². The second-order valence-corrected chi connectivity index (χ2v) is 4.40. The van der Waals surface area contributed by atoms with E-state index in [1.807, 2.05) is 32.0 Å². The van der Waals surface area contributed by atoms with Crippen LogP contribution in [0, 0.1) is 0 Å². The first-order valence-corrected chi connectivity index (χ1v) is 6.45. The van der Waals surface area contributed by atoms with Crippen LogP contribution < -0.4 is 10.9 Å². The first kappa shape index (κ1) is 13.3. The maximum Gasteiger partial charge on any atom is 0.293 e. The third-order valence-corrected chi connectivity index (χ3v) is 2.86. The molecule has 0 radical (unpaired) electrons. The zero-order valence-corrected chi connectivity index (χ0v) is 11.2. The van der Waals surface area contributed by atoms with Gasteiger partial charge in [0.1, 0.15) is 0 Å². The van der Waals surface area contributed by atoms with Crippen LogP contribution in [0.3, 0.4) is 0 Å². The number of anilines is 1. The largest absolute Gasteiger partial charge is 0.357 e. The predicted octanol–water partition coefficient (Wildman–Crippen LogP) is 2.22. The smallest absolute Gasteiger partial charge is 0.293 e. The van der Waals surface area contributed by atoms with Crippen molar-refractivity contribution in [2.75, 3.05) is 5.32 Å². The van der Waals surface area contributed by atoms with E-state index >= 15 is 0 Å². The SMILES string of the molecule is CCCn1ccnc(NC(C)c2ccccn2)c1=O. The Morgan fingerprint density at radius 2 is 2.16 bits per heavy atom. The van der Waals surface area contributed by atoms with Crippen LogP contribution in [0.15, 0.2) is 41.6 Å². The highest BCUT2D eigenvalue weighted by atomic mass is 16.1. The summed E-state index contributed by atoms with van der Waals surface area (Å²) in [6.45, 7) is 4.70. The fourth-order valence-electron chi connectivity index (χ4n) is 1.87. The number of aromatic nitrogens is 3. The molecule has 0 saturated heterocycles. The van der Waals surface area contributed by atoms with E-state index in [1.165, 1.54) is 0 Å². The van der Waals surface area contributed by atoms with Crippen molar-refractivity contribution in [1.29, 1.82) is 0 Å². The number of nitrogens with zero attached hydrogens (tertiary/aromatic N) is 3. The molecule has 0 aliphatic rings. The summed E-state index contributed by atoms with van der Waals surface area (Å²) in [5.41, 5.74) is 0.793. The predicted molar refractivity (Wildman–Crippen MR) is 75.1 cm³/mol. The van der Waals surface area contributed by atoms with Gasteiger partial charge in [-0.05, 0) is 25.5 Å². The molecular formula is C14H18N4O. The topological polar surface area (TPSA) is 59.8 Å². The maximum atomic E-state index is 12.1. The van der Waals surface area contributed by atoms with Crippen molar-refractivity contribution in [2.24, 2.45) is 0 Å². The van der Waals surface area contributed by atoms with Gasteiger partial charge in [0.15, 0.2) is 5.82 Å². The van der Waals surface area contributed by atoms with Gasteiger partial charge in [0.05, 0.1) is 11.7 Å². The molecule has 2 rings (SSSR count). The fraction of sp³-hybridized carbons (Fsp3) is 0.357. The van der Waals surface area contributed by atoms with Gasteiger partial charge in [-0.1, -0.05) is 13.0 Å². The average molecular weight is 258 g/mol. The molecule has 19 heavy (non-hydrogen) atoms. The number of hydrogen-bond acceptors (Lipinski definition) is 4. The highest BCUT2D eigenvalue weighted by molar-refractivity contribution is 5.34. The van der Waals surface area contributed by atoms with Gasteiger partial charge in [0.25, 0.3) is 5.56 Å². The van der Waals surface area contributed by atoms with Crippen molar-refractivity contribution < 1.29 is 0 Å². The highest BCUT2D eigenvalue weighted by Crippen LogP contribution is 2.12. The second-order valence-electron chi connectivity index (χ2n) is 4.40. The molecule has 1 atom stereocenters. The minimum atomic E-state index is -0.0906. The number of aryl methyl sites for hydroxylation is 1. The van der Waals surface area contributed by atoms with E-state index in [2.05, 4.69) is 15.3 Å². The molecular weight excluding hydrogens is 240 g/mol. The summed E-state index contributed by atoms with van der Waals surface area (Å²) in [6, 6.07) is 5.66. The van der Waals surface area contributed by atoms with Crippen LogP contribution in [0.2, 0.25) is 0 Å². The van der Waals surface area contributed by atoms with E-state index < -0.39 is 0 Å². The minimum absolute atomic E-state index is 0.0566. The molecule has 0 bridgehead atoms. The molecule has 0 saturated carbocycles. The van der Waals surface area contributed by atoms with Crippen molar-refractivity contribution in [1.82, 2.24) is 14.5 Å². The van der Waals surface area contributed by atoms with E-state index in [-0.39, 0.29) is 11.6 Å². The zero-order chi connectivity index (χ0) is 13.7. The maximum absolute atomic E-state index is 12.1. The summed E-state index contributed by atoms with van der Waals surface area (Å²) in [6.07, 6.45) is 6.01. The van der Waals surface area contributed by atoms with E-state index in [1.54, 1.807) is 23.2 Å². The molecule has 0 spiro atoms. The Kier molecular flexibility index (Phi) is 4.28. The van der Waals surface area contributed by atoms with Crippen LogP contribution in [0.1, 0.15) is 32.0 Å². The van der Waals surface area contributed by atoms with Gasteiger partial charge < -0.3 is 9.88 Å². The Bertz CT molecular complexity index is 579. The monoisotopic (exact) mass is 258 g/mol. The fourth-order valence-corrected chi connectivity index (χ4v) is 1.87. The van der Waals surface area contributed by atoms with Crippen molar-refractivity contribution in [3.05, 3.63) is 52.8 Å². The minimum Gasteiger partial charge on any atom is -0.357 e.